The maximum absolute atomic E-state index is 12.9. The van der Waals surface area contributed by atoms with E-state index in [0.717, 1.165) is 41.0 Å². The highest BCUT2D eigenvalue weighted by atomic mass is 16.5. The first kappa shape index (κ1) is 30.6. The number of para-hydroxylation sites is 1. The minimum absolute atomic E-state index is 0.117. The molecule has 1 aliphatic rings. The quantitative estimate of drug-likeness (QED) is 0.298. The van der Waals surface area contributed by atoms with Crippen molar-refractivity contribution < 1.29 is 28.6 Å². The summed E-state index contributed by atoms with van der Waals surface area (Å²) in [6.45, 7) is 1.72. The Morgan fingerprint density at radius 3 is 2.26 bits per heavy atom. The Morgan fingerprint density at radius 1 is 0.881 bits per heavy atom. The third kappa shape index (κ3) is 9.09. The zero-order valence-electron chi connectivity index (χ0n) is 24.4. The van der Waals surface area contributed by atoms with Crippen molar-refractivity contribution in [3.05, 3.63) is 95.6 Å². The highest BCUT2D eigenvalue weighted by molar-refractivity contribution is 5.84. The van der Waals surface area contributed by atoms with E-state index < -0.39 is 12.0 Å². The van der Waals surface area contributed by atoms with Crippen molar-refractivity contribution >= 4 is 17.8 Å². The maximum atomic E-state index is 12.9. The smallest absolute Gasteiger partial charge is 0.328 e. The van der Waals surface area contributed by atoms with Gasteiger partial charge in [-0.3, -0.25) is 9.59 Å². The number of carbonyl (C=O) groups excluding carboxylic acids is 3. The average Bonchev–Trinajstić information content (AvgIpc) is 3.03. The number of esters is 1. The molecule has 3 aromatic rings. The molecule has 8 nitrogen and oxygen atoms in total. The lowest BCUT2D eigenvalue weighted by molar-refractivity contribution is -0.145. The van der Waals surface area contributed by atoms with E-state index in [1.807, 2.05) is 83.8 Å². The van der Waals surface area contributed by atoms with Gasteiger partial charge >= 0.3 is 5.97 Å². The lowest BCUT2D eigenvalue weighted by atomic mass is 9.92. The van der Waals surface area contributed by atoms with Gasteiger partial charge < -0.3 is 24.4 Å². The van der Waals surface area contributed by atoms with Gasteiger partial charge in [0.1, 0.15) is 24.1 Å². The molecule has 0 saturated carbocycles. The Bertz CT molecular complexity index is 1300. The number of carbonyl (C=O) groups is 3. The molecular formula is C34H40N2O6. The summed E-state index contributed by atoms with van der Waals surface area (Å²) < 4.78 is 16.2. The second-order valence-corrected chi connectivity index (χ2v) is 10.6. The second kappa shape index (κ2) is 15.6. The van der Waals surface area contributed by atoms with Crippen molar-refractivity contribution in [3.63, 3.8) is 0 Å². The van der Waals surface area contributed by atoms with Gasteiger partial charge in [-0.05, 0) is 60.1 Å². The normalized spacial score (nSPS) is 14.1. The number of amides is 2. The van der Waals surface area contributed by atoms with E-state index in [0.29, 0.717) is 45.4 Å². The number of hydrogen-bond acceptors (Lipinski definition) is 6. The van der Waals surface area contributed by atoms with Gasteiger partial charge in [-0.15, -0.1) is 0 Å². The standard InChI is InChI=1S/C34H40N2O6/c1-40-31-11-7-6-10-28(31)14-17-33(38)36-20-18-26(19-21-36)23-32(37)35-30(34(39)41-2)22-25-12-15-29(16-13-25)42-24-27-8-4-3-5-9-27/h3-13,15-16,26,30H,14,17-24H2,1-2H3,(H,35,37)/t30-/m0/s1. The van der Waals surface area contributed by atoms with Gasteiger partial charge in [0, 0.05) is 32.4 Å². The molecule has 0 unspecified atom stereocenters. The zero-order valence-corrected chi connectivity index (χ0v) is 24.4. The third-order valence-corrected chi connectivity index (χ3v) is 7.67. The zero-order chi connectivity index (χ0) is 29.7. The fraction of sp³-hybridized carbons (Fsp3) is 0.382. The Morgan fingerprint density at radius 2 is 1.57 bits per heavy atom. The second-order valence-electron chi connectivity index (χ2n) is 10.6. The van der Waals surface area contributed by atoms with Crippen molar-refractivity contribution in [1.29, 1.82) is 0 Å². The topological polar surface area (TPSA) is 94.2 Å². The minimum Gasteiger partial charge on any atom is -0.496 e. The van der Waals surface area contributed by atoms with Crippen LogP contribution in [0.2, 0.25) is 0 Å². The molecule has 0 radical (unpaired) electrons. The highest BCUT2D eigenvalue weighted by Gasteiger charge is 2.27. The van der Waals surface area contributed by atoms with Crippen LogP contribution in [0.25, 0.3) is 0 Å². The summed E-state index contributed by atoms with van der Waals surface area (Å²) in [4.78, 5) is 40.1. The molecule has 1 aliphatic heterocycles. The molecule has 8 heteroatoms. The van der Waals surface area contributed by atoms with Crippen LogP contribution >= 0.6 is 0 Å². The minimum atomic E-state index is -0.782. The molecule has 0 aromatic heterocycles. The number of methoxy groups -OCH3 is 2. The van der Waals surface area contributed by atoms with E-state index >= 15 is 0 Å². The average molecular weight is 573 g/mol. The summed E-state index contributed by atoms with van der Waals surface area (Å²) >= 11 is 0. The number of nitrogens with one attached hydrogen (secondary N) is 1. The van der Waals surface area contributed by atoms with E-state index in [-0.39, 0.29) is 17.7 Å². The lowest BCUT2D eigenvalue weighted by Crippen LogP contribution is -2.44. The summed E-state index contributed by atoms with van der Waals surface area (Å²) in [6.07, 6.45) is 3.18. The van der Waals surface area contributed by atoms with E-state index in [1.165, 1.54) is 7.11 Å². The Kier molecular flexibility index (Phi) is 11.4. The van der Waals surface area contributed by atoms with Crippen LogP contribution in [0.15, 0.2) is 78.9 Å². The predicted octanol–water partition coefficient (Wildman–Crippen LogP) is 4.74. The number of aryl methyl sites for hydroxylation is 1. The molecule has 0 bridgehead atoms. The number of piperidine rings is 1. The summed E-state index contributed by atoms with van der Waals surface area (Å²) in [7, 11) is 2.96. The predicted molar refractivity (Wildman–Crippen MR) is 160 cm³/mol. The fourth-order valence-corrected chi connectivity index (χ4v) is 5.25. The largest absolute Gasteiger partial charge is 0.496 e. The van der Waals surface area contributed by atoms with Crippen molar-refractivity contribution in [2.45, 2.75) is 51.2 Å². The molecule has 1 atom stereocenters. The number of rotatable bonds is 13. The van der Waals surface area contributed by atoms with E-state index in [9.17, 15) is 14.4 Å². The highest BCUT2D eigenvalue weighted by Crippen LogP contribution is 2.23. The third-order valence-electron chi connectivity index (χ3n) is 7.67. The summed E-state index contributed by atoms with van der Waals surface area (Å²) in [5.74, 6) is 1.13. The SMILES string of the molecule is COC(=O)[C@H](Cc1ccc(OCc2ccccc2)cc1)NC(=O)CC1CCN(C(=O)CCc2ccccc2OC)CC1. The molecule has 1 saturated heterocycles. The van der Waals surface area contributed by atoms with Crippen molar-refractivity contribution in [3.8, 4) is 11.5 Å². The molecule has 4 rings (SSSR count). The van der Waals surface area contributed by atoms with E-state index in [2.05, 4.69) is 5.32 Å². The molecule has 1 N–H and O–H groups in total. The van der Waals surface area contributed by atoms with Crippen LogP contribution in [0.3, 0.4) is 0 Å². The van der Waals surface area contributed by atoms with Gasteiger partial charge in [-0.25, -0.2) is 4.79 Å². The van der Waals surface area contributed by atoms with Crippen LogP contribution in [-0.2, 0) is 38.6 Å². The summed E-state index contributed by atoms with van der Waals surface area (Å²) in [6, 6.07) is 24.4. The van der Waals surface area contributed by atoms with Gasteiger partial charge in [0.2, 0.25) is 11.8 Å². The van der Waals surface area contributed by atoms with Gasteiger partial charge in [-0.1, -0.05) is 60.7 Å². The molecule has 0 spiro atoms. The molecule has 3 aromatic carbocycles. The molecule has 2 amide bonds. The lowest BCUT2D eigenvalue weighted by Gasteiger charge is -2.32. The Balaban J connectivity index is 1.21. The maximum Gasteiger partial charge on any atom is 0.328 e. The first-order valence-electron chi connectivity index (χ1n) is 14.5. The van der Waals surface area contributed by atoms with Crippen molar-refractivity contribution in [2.75, 3.05) is 27.3 Å². The van der Waals surface area contributed by atoms with Crippen LogP contribution < -0.4 is 14.8 Å². The van der Waals surface area contributed by atoms with E-state index in [4.69, 9.17) is 14.2 Å². The van der Waals surface area contributed by atoms with Gasteiger partial charge in [0.05, 0.1) is 14.2 Å². The van der Waals surface area contributed by atoms with Crippen LogP contribution in [0.4, 0.5) is 0 Å². The number of ether oxygens (including phenoxy) is 3. The van der Waals surface area contributed by atoms with Crippen LogP contribution in [-0.4, -0.2) is 56.0 Å². The molecule has 0 aliphatic carbocycles. The molecular weight excluding hydrogens is 532 g/mol. The van der Waals surface area contributed by atoms with Gasteiger partial charge in [-0.2, -0.15) is 0 Å². The van der Waals surface area contributed by atoms with E-state index in [1.54, 1.807) is 7.11 Å². The van der Waals surface area contributed by atoms with Crippen molar-refractivity contribution in [1.82, 2.24) is 10.2 Å². The first-order chi connectivity index (χ1) is 20.4. The Labute approximate surface area is 248 Å². The Hall–Kier alpha value is -4.33. The fourth-order valence-electron chi connectivity index (χ4n) is 5.25. The summed E-state index contributed by atoms with van der Waals surface area (Å²) in [5, 5.41) is 2.87. The molecule has 1 heterocycles. The molecule has 222 valence electrons. The molecule has 1 fully saturated rings. The monoisotopic (exact) mass is 572 g/mol. The number of nitrogens with zero attached hydrogens (tertiary/aromatic N) is 1. The van der Waals surface area contributed by atoms with Crippen molar-refractivity contribution in [2.24, 2.45) is 5.92 Å². The van der Waals surface area contributed by atoms with Crippen LogP contribution in [0, 0.1) is 5.92 Å². The first-order valence-corrected chi connectivity index (χ1v) is 14.5. The number of likely N-dealkylation sites (tertiary alicyclic amines) is 1. The van der Waals surface area contributed by atoms with Crippen LogP contribution in [0.5, 0.6) is 11.5 Å². The summed E-state index contributed by atoms with van der Waals surface area (Å²) in [5.41, 5.74) is 2.99. The number of benzene rings is 3. The van der Waals surface area contributed by atoms with Crippen LogP contribution in [0.1, 0.15) is 42.4 Å². The number of hydrogen-bond donors (Lipinski definition) is 1. The molecule has 42 heavy (non-hydrogen) atoms. The van der Waals surface area contributed by atoms with Gasteiger partial charge in [0.15, 0.2) is 0 Å². The van der Waals surface area contributed by atoms with Gasteiger partial charge in [0.25, 0.3) is 0 Å².